The number of thiazole rings is 1. The monoisotopic (exact) mass is 575 g/mol. The average Bonchev–Trinajstić information content (AvgIpc) is 3.26. The Labute approximate surface area is 237 Å². The van der Waals surface area contributed by atoms with Crippen LogP contribution in [0.4, 0.5) is 5.13 Å². The third-order valence-corrected chi connectivity index (χ3v) is 9.34. The van der Waals surface area contributed by atoms with Crippen LogP contribution in [-0.2, 0) is 19.6 Å². The lowest BCUT2D eigenvalue weighted by Gasteiger charge is -2.19. The van der Waals surface area contributed by atoms with Crippen molar-refractivity contribution in [1.29, 1.82) is 0 Å². The molecule has 0 aliphatic carbocycles. The molecule has 0 radical (unpaired) electrons. The third kappa shape index (κ3) is 6.64. The minimum absolute atomic E-state index is 0.137. The van der Waals surface area contributed by atoms with Crippen LogP contribution in [0.5, 0.6) is 0 Å². The molecule has 1 aromatic heterocycles. The van der Waals surface area contributed by atoms with Crippen molar-refractivity contribution in [3.05, 3.63) is 89.8 Å². The first-order chi connectivity index (χ1) is 19.4. The molecular formula is C30H29N3O5S2. The lowest BCUT2D eigenvalue weighted by atomic mass is 10.0. The second kappa shape index (κ2) is 12.5. The van der Waals surface area contributed by atoms with Crippen LogP contribution in [0.3, 0.4) is 0 Å². The number of nitrogens with zero attached hydrogens (tertiary/aromatic N) is 2. The third-order valence-electron chi connectivity index (χ3n) is 6.67. The Kier molecular flexibility index (Phi) is 8.69. The first-order valence-corrected chi connectivity index (χ1v) is 15.4. The van der Waals surface area contributed by atoms with Gasteiger partial charge in [0.05, 0.1) is 16.2 Å². The molecule has 40 heavy (non-hydrogen) atoms. The second-order valence-electron chi connectivity index (χ2n) is 9.45. The van der Waals surface area contributed by atoms with E-state index in [9.17, 15) is 18.0 Å². The van der Waals surface area contributed by atoms with Crippen LogP contribution < -0.4 is 5.32 Å². The zero-order valence-electron chi connectivity index (χ0n) is 21.8. The Morgan fingerprint density at radius 1 is 0.825 bits per heavy atom. The quantitative estimate of drug-likeness (QED) is 0.265. The van der Waals surface area contributed by atoms with Gasteiger partial charge in [0.1, 0.15) is 0 Å². The van der Waals surface area contributed by atoms with E-state index in [0.29, 0.717) is 18.2 Å². The van der Waals surface area contributed by atoms with Crippen LogP contribution in [0.1, 0.15) is 36.0 Å². The topological polar surface area (TPSA) is 106 Å². The van der Waals surface area contributed by atoms with Crippen molar-refractivity contribution in [3.63, 3.8) is 0 Å². The number of amides is 1. The van der Waals surface area contributed by atoms with Gasteiger partial charge in [-0.1, -0.05) is 67.4 Å². The van der Waals surface area contributed by atoms with Gasteiger partial charge in [0.15, 0.2) is 11.7 Å². The molecule has 3 aromatic carbocycles. The fourth-order valence-electron chi connectivity index (χ4n) is 4.49. The van der Waals surface area contributed by atoms with Crippen LogP contribution >= 0.6 is 11.3 Å². The number of carbonyl (C=O) groups excluding carboxylic acids is 2. The maximum atomic E-state index is 12.9. The molecule has 0 unspecified atom stereocenters. The summed E-state index contributed by atoms with van der Waals surface area (Å²) < 4.78 is 32.5. The van der Waals surface area contributed by atoms with Gasteiger partial charge in [0.2, 0.25) is 10.0 Å². The summed E-state index contributed by atoms with van der Waals surface area (Å²) in [5, 5.41) is 4.90. The average molecular weight is 576 g/mol. The zero-order chi connectivity index (χ0) is 28.0. The normalized spacial score (nSPS) is 14.3. The lowest BCUT2D eigenvalue weighted by Crippen LogP contribution is -2.31. The standard InChI is InChI=1S/C30H29N3O5S2/c34-28(32-30-31-27(21-39-30)24-12-10-23(11-13-24)22-8-4-3-5-9-22)20-38-29(35)25-14-16-26(17-15-25)40(36,37)33-18-6-1-2-7-19-33/h3-5,8-17,21H,1-2,6-7,18-20H2,(H,31,32,34). The highest BCUT2D eigenvalue weighted by Gasteiger charge is 2.25. The van der Waals surface area contributed by atoms with E-state index in [0.717, 1.165) is 48.1 Å². The van der Waals surface area contributed by atoms with Crippen molar-refractivity contribution in [3.8, 4) is 22.4 Å². The predicted molar refractivity (Wildman–Crippen MR) is 156 cm³/mol. The molecule has 0 spiro atoms. The summed E-state index contributed by atoms with van der Waals surface area (Å²) in [5.74, 6) is -1.23. The molecule has 1 N–H and O–H groups in total. The van der Waals surface area contributed by atoms with Gasteiger partial charge in [-0.05, 0) is 48.2 Å². The van der Waals surface area contributed by atoms with Gasteiger partial charge in [-0.25, -0.2) is 18.2 Å². The molecule has 0 bridgehead atoms. The Bertz CT molecular complexity index is 1560. The van der Waals surface area contributed by atoms with Gasteiger partial charge in [-0.3, -0.25) is 10.1 Å². The summed E-state index contributed by atoms with van der Waals surface area (Å²) in [4.78, 5) is 29.4. The zero-order valence-corrected chi connectivity index (χ0v) is 23.4. The fourth-order valence-corrected chi connectivity index (χ4v) is 6.74. The molecule has 206 valence electrons. The van der Waals surface area contributed by atoms with E-state index in [1.807, 2.05) is 47.8 Å². The minimum atomic E-state index is -3.61. The summed E-state index contributed by atoms with van der Waals surface area (Å²) in [6.45, 7) is 0.512. The molecule has 5 rings (SSSR count). The van der Waals surface area contributed by atoms with Crippen molar-refractivity contribution < 1.29 is 22.7 Å². The first-order valence-electron chi connectivity index (χ1n) is 13.1. The second-order valence-corrected chi connectivity index (χ2v) is 12.2. The molecule has 10 heteroatoms. The van der Waals surface area contributed by atoms with Crippen LogP contribution in [0, 0.1) is 0 Å². The Morgan fingerprint density at radius 2 is 1.45 bits per heavy atom. The Balaban J connectivity index is 1.13. The molecule has 1 aliphatic rings. The molecule has 1 fully saturated rings. The number of anilines is 1. The van der Waals surface area contributed by atoms with Gasteiger partial charge in [-0.15, -0.1) is 11.3 Å². The summed E-state index contributed by atoms with van der Waals surface area (Å²) in [7, 11) is -3.61. The van der Waals surface area contributed by atoms with E-state index in [4.69, 9.17) is 4.74 Å². The van der Waals surface area contributed by atoms with Crippen molar-refractivity contribution in [2.75, 3.05) is 25.0 Å². The number of ether oxygens (including phenoxy) is 1. The van der Waals surface area contributed by atoms with Gasteiger partial charge in [0.25, 0.3) is 5.91 Å². The first kappa shape index (κ1) is 27.7. The van der Waals surface area contributed by atoms with Gasteiger partial charge >= 0.3 is 5.97 Å². The molecule has 0 atom stereocenters. The van der Waals surface area contributed by atoms with E-state index in [-0.39, 0.29) is 10.5 Å². The Hall–Kier alpha value is -3.86. The van der Waals surface area contributed by atoms with Crippen molar-refractivity contribution >= 4 is 38.4 Å². The minimum Gasteiger partial charge on any atom is -0.452 e. The Morgan fingerprint density at radius 3 is 2.12 bits per heavy atom. The number of benzene rings is 3. The number of esters is 1. The maximum Gasteiger partial charge on any atom is 0.338 e. The fraction of sp³-hybridized carbons (Fsp3) is 0.233. The molecule has 4 aromatic rings. The highest BCUT2D eigenvalue weighted by Crippen LogP contribution is 2.28. The molecule has 1 saturated heterocycles. The van der Waals surface area contributed by atoms with E-state index in [1.54, 1.807) is 0 Å². The number of hydrogen-bond donors (Lipinski definition) is 1. The van der Waals surface area contributed by atoms with E-state index in [1.165, 1.54) is 39.9 Å². The molecule has 1 amide bonds. The molecular weight excluding hydrogens is 546 g/mol. The molecule has 0 saturated carbocycles. The number of rotatable bonds is 8. The van der Waals surface area contributed by atoms with E-state index < -0.39 is 28.5 Å². The summed E-state index contributed by atoms with van der Waals surface area (Å²) in [6.07, 6.45) is 3.74. The number of hydrogen-bond acceptors (Lipinski definition) is 7. The smallest absolute Gasteiger partial charge is 0.338 e. The van der Waals surface area contributed by atoms with Crippen molar-refractivity contribution in [2.24, 2.45) is 0 Å². The summed E-state index contributed by atoms with van der Waals surface area (Å²) >= 11 is 1.28. The number of carbonyl (C=O) groups is 2. The van der Waals surface area contributed by atoms with Gasteiger partial charge in [-0.2, -0.15) is 4.31 Å². The molecule has 1 aliphatic heterocycles. The van der Waals surface area contributed by atoms with Crippen molar-refractivity contribution in [1.82, 2.24) is 9.29 Å². The van der Waals surface area contributed by atoms with Crippen LogP contribution in [0.15, 0.2) is 89.1 Å². The predicted octanol–water partition coefficient (Wildman–Crippen LogP) is 5.84. The van der Waals surface area contributed by atoms with Crippen LogP contribution in [0.25, 0.3) is 22.4 Å². The highest BCUT2D eigenvalue weighted by molar-refractivity contribution is 7.89. The highest BCUT2D eigenvalue weighted by atomic mass is 32.2. The SMILES string of the molecule is O=C(COC(=O)c1ccc(S(=O)(=O)N2CCCCCC2)cc1)Nc1nc(-c2ccc(-c3ccccc3)cc2)cs1. The molecule has 2 heterocycles. The van der Waals surface area contributed by atoms with Gasteiger partial charge in [0, 0.05) is 24.0 Å². The van der Waals surface area contributed by atoms with Gasteiger partial charge < -0.3 is 4.74 Å². The lowest BCUT2D eigenvalue weighted by molar-refractivity contribution is -0.119. The summed E-state index contributed by atoms with van der Waals surface area (Å²) in [6, 6.07) is 23.7. The van der Waals surface area contributed by atoms with Crippen LogP contribution in [-0.4, -0.2) is 49.3 Å². The number of sulfonamides is 1. The number of aromatic nitrogens is 1. The van der Waals surface area contributed by atoms with Crippen molar-refractivity contribution in [2.45, 2.75) is 30.6 Å². The number of nitrogens with one attached hydrogen (secondary N) is 1. The molecule has 8 nitrogen and oxygen atoms in total. The summed E-state index contributed by atoms with van der Waals surface area (Å²) in [5.41, 5.74) is 4.04. The van der Waals surface area contributed by atoms with Crippen LogP contribution in [0.2, 0.25) is 0 Å². The maximum absolute atomic E-state index is 12.9. The van der Waals surface area contributed by atoms with E-state index in [2.05, 4.69) is 22.4 Å². The van der Waals surface area contributed by atoms with E-state index >= 15 is 0 Å². The largest absolute Gasteiger partial charge is 0.452 e.